The van der Waals surface area contributed by atoms with E-state index in [1.807, 2.05) is 6.07 Å². The number of nitrogens with zero attached hydrogens (tertiary/aromatic N) is 2. The molecule has 0 fully saturated rings. The van der Waals surface area contributed by atoms with Crippen LogP contribution < -0.4 is 4.74 Å². The van der Waals surface area contributed by atoms with E-state index in [0.29, 0.717) is 11.3 Å². The minimum absolute atomic E-state index is 0.178. The van der Waals surface area contributed by atoms with Gasteiger partial charge < -0.3 is 9.84 Å². The summed E-state index contributed by atoms with van der Waals surface area (Å²) >= 11 is 0. The van der Waals surface area contributed by atoms with Gasteiger partial charge in [0.05, 0.1) is 25.8 Å². The highest BCUT2D eigenvalue weighted by Crippen LogP contribution is 2.22. The number of alkyl halides is 3. The first-order valence-electron chi connectivity index (χ1n) is 5.83. The van der Waals surface area contributed by atoms with E-state index in [1.165, 1.54) is 25.3 Å². The summed E-state index contributed by atoms with van der Waals surface area (Å²) in [7, 11) is 1.37. The number of carboxylic acid groups (broad SMARTS) is 1. The number of benzene rings is 1. The molecule has 0 atom stereocenters. The lowest BCUT2D eigenvalue weighted by molar-refractivity contribution is -0.154. The third kappa shape index (κ3) is 5.71. The average Bonchev–Trinajstić information content (AvgIpc) is 2.35. The summed E-state index contributed by atoms with van der Waals surface area (Å²) in [6.45, 7) is -2.31. The Labute approximate surface area is 119 Å². The summed E-state index contributed by atoms with van der Waals surface area (Å²) < 4.78 is 42.2. The molecule has 1 rings (SSSR count). The molecule has 0 spiro atoms. The second-order valence-electron chi connectivity index (χ2n) is 4.30. The molecule has 0 saturated heterocycles. The first-order chi connectivity index (χ1) is 9.75. The number of halogens is 3. The fourth-order valence-corrected chi connectivity index (χ4v) is 1.81. The molecule has 5 nitrogen and oxygen atoms in total. The van der Waals surface area contributed by atoms with Gasteiger partial charge in [0.15, 0.2) is 0 Å². The van der Waals surface area contributed by atoms with Crippen molar-refractivity contribution in [2.75, 3.05) is 20.2 Å². The van der Waals surface area contributed by atoms with Gasteiger partial charge in [-0.3, -0.25) is 9.69 Å². The largest absolute Gasteiger partial charge is 0.495 e. The number of rotatable bonds is 6. The minimum Gasteiger partial charge on any atom is -0.495 e. The number of methoxy groups -OCH3 is 1. The summed E-state index contributed by atoms with van der Waals surface area (Å²) in [4.78, 5) is 11.4. The van der Waals surface area contributed by atoms with E-state index in [2.05, 4.69) is 0 Å². The van der Waals surface area contributed by atoms with Gasteiger partial charge in [-0.05, 0) is 17.7 Å². The van der Waals surface area contributed by atoms with Crippen LogP contribution in [0, 0.1) is 11.3 Å². The van der Waals surface area contributed by atoms with Gasteiger partial charge in [-0.25, -0.2) is 0 Å². The van der Waals surface area contributed by atoms with E-state index < -0.39 is 25.2 Å². The van der Waals surface area contributed by atoms with Crippen molar-refractivity contribution in [3.8, 4) is 11.8 Å². The van der Waals surface area contributed by atoms with Crippen LogP contribution in [0.2, 0.25) is 0 Å². The van der Waals surface area contributed by atoms with Crippen LogP contribution in [0.15, 0.2) is 18.2 Å². The van der Waals surface area contributed by atoms with Crippen LogP contribution in [-0.2, 0) is 11.3 Å². The molecule has 0 aromatic heterocycles. The summed E-state index contributed by atoms with van der Waals surface area (Å²) in [5.41, 5.74) is 0.579. The number of carboxylic acids is 1. The SMILES string of the molecule is COc1ccc(CN(CC(=O)O)CC(F)(F)F)cc1C#N. The first-order valence-corrected chi connectivity index (χ1v) is 5.83. The lowest BCUT2D eigenvalue weighted by atomic mass is 10.1. The number of hydrogen-bond donors (Lipinski definition) is 1. The van der Waals surface area contributed by atoms with Gasteiger partial charge in [-0.2, -0.15) is 18.4 Å². The Kier molecular flexibility index (Phi) is 5.55. The van der Waals surface area contributed by atoms with Crippen LogP contribution in [0.5, 0.6) is 5.75 Å². The molecule has 114 valence electrons. The lowest BCUT2D eigenvalue weighted by Crippen LogP contribution is -2.37. The van der Waals surface area contributed by atoms with Crippen molar-refractivity contribution in [3.63, 3.8) is 0 Å². The monoisotopic (exact) mass is 302 g/mol. The van der Waals surface area contributed by atoms with Crippen LogP contribution in [0.4, 0.5) is 13.2 Å². The fraction of sp³-hybridized carbons (Fsp3) is 0.385. The fourth-order valence-electron chi connectivity index (χ4n) is 1.81. The third-order valence-corrected chi connectivity index (χ3v) is 2.55. The van der Waals surface area contributed by atoms with E-state index in [1.54, 1.807) is 0 Å². The third-order valence-electron chi connectivity index (χ3n) is 2.55. The molecule has 0 aliphatic carbocycles. The van der Waals surface area contributed by atoms with E-state index in [4.69, 9.17) is 15.1 Å². The Hall–Kier alpha value is -2.27. The maximum Gasteiger partial charge on any atom is 0.401 e. The molecule has 8 heteroatoms. The van der Waals surface area contributed by atoms with Gasteiger partial charge in [0.1, 0.15) is 11.8 Å². The second kappa shape index (κ2) is 6.95. The first kappa shape index (κ1) is 16.8. The summed E-state index contributed by atoms with van der Waals surface area (Å²) in [5, 5.41) is 17.6. The highest BCUT2D eigenvalue weighted by molar-refractivity contribution is 5.69. The number of hydrogen-bond acceptors (Lipinski definition) is 4. The number of aliphatic carboxylic acids is 1. The Bertz CT molecular complexity index is 553. The van der Waals surface area contributed by atoms with Crippen LogP contribution in [0.3, 0.4) is 0 Å². The van der Waals surface area contributed by atoms with Gasteiger partial charge in [0.25, 0.3) is 0 Å². The molecule has 21 heavy (non-hydrogen) atoms. The van der Waals surface area contributed by atoms with Gasteiger partial charge in [-0.1, -0.05) is 6.07 Å². The van der Waals surface area contributed by atoms with E-state index >= 15 is 0 Å². The van der Waals surface area contributed by atoms with Gasteiger partial charge in [0, 0.05) is 6.54 Å². The minimum atomic E-state index is -4.50. The zero-order valence-electron chi connectivity index (χ0n) is 11.1. The van der Waals surface area contributed by atoms with Crippen molar-refractivity contribution in [1.29, 1.82) is 5.26 Å². The summed E-state index contributed by atoms with van der Waals surface area (Å²) in [6, 6.07) is 6.20. The van der Waals surface area contributed by atoms with Crippen molar-refractivity contribution in [2.24, 2.45) is 0 Å². The van der Waals surface area contributed by atoms with Gasteiger partial charge in [-0.15, -0.1) is 0 Å². The lowest BCUT2D eigenvalue weighted by Gasteiger charge is -2.22. The molecule has 0 saturated carbocycles. The highest BCUT2D eigenvalue weighted by atomic mass is 19.4. The van der Waals surface area contributed by atoms with Crippen molar-refractivity contribution >= 4 is 5.97 Å². The Morgan fingerprint density at radius 1 is 1.48 bits per heavy atom. The Balaban J connectivity index is 2.93. The van der Waals surface area contributed by atoms with Gasteiger partial charge in [0.2, 0.25) is 0 Å². The van der Waals surface area contributed by atoms with E-state index in [-0.39, 0.29) is 12.1 Å². The second-order valence-corrected chi connectivity index (χ2v) is 4.30. The van der Waals surface area contributed by atoms with Crippen LogP contribution in [0.25, 0.3) is 0 Å². The number of carbonyl (C=O) groups is 1. The van der Waals surface area contributed by atoms with E-state index in [0.717, 1.165) is 4.90 Å². The molecule has 0 amide bonds. The average molecular weight is 302 g/mol. The molecule has 0 unspecified atom stereocenters. The zero-order valence-corrected chi connectivity index (χ0v) is 11.1. The Morgan fingerprint density at radius 3 is 2.62 bits per heavy atom. The van der Waals surface area contributed by atoms with Crippen LogP contribution in [0.1, 0.15) is 11.1 Å². The smallest absolute Gasteiger partial charge is 0.401 e. The predicted molar refractivity (Wildman–Crippen MR) is 66.7 cm³/mol. The zero-order chi connectivity index (χ0) is 16.0. The molecule has 0 aliphatic heterocycles. The molecule has 0 aliphatic rings. The predicted octanol–water partition coefficient (Wildman–Crippen LogP) is 2.02. The molecular weight excluding hydrogens is 289 g/mol. The quantitative estimate of drug-likeness (QED) is 0.870. The topological polar surface area (TPSA) is 73.6 Å². The normalized spacial score (nSPS) is 11.2. The summed E-state index contributed by atoms with van der Waals surface area (Å²) in [6.07, 6.45) is -4.50. The molecule has 1 aromatic carbocycles. The molecule has 0 radical (unpaired) electrons. The van der Waals surface area contributed by atoms with Crippen LogP contribution >= 0.6 is 0 Å². The highest BCUT2D eigenvalue weighted by Gasteiger charge is 2.31. The van der Waals surface area contributed by atoms with Crippen molar-refractivity contribution < 1.29 is 27.8 Å². The maximum absolute atomic E-state index is 12.4. The molecule has 1 N–H and O–H groups in total. The van der Waals surface area contributed by atoms with E-state index in [9.17, 15) is 18.0 Å². The Morgan fingerprint density at radius 2 is 2.14 bits per heavy atom. The van der Waals surface area contributed by atoms with Gasteiger partial charge >= 0.3 is 12.1 Å². The van der Waals surface area contributed by atoms with Crippen LogP contribution in [-0.4, -0.2) is 42.4 Å². The van der Waals surface area contributed by atoms with Crippen molar-refractivity contribution in [2.45, 2.75) is 12.7 Å². The molecule has 0 heterocycles. The molecule has 0 bridgehead atoms. The summed E-state index contributed by atoms with van der Waals surface area (Å²) in [5.74, 6) is -1.05. The molecular formula is C13H13F3N2O3. The molecule has 1 aromatic rings. The standard InChI is InChI=1S/C13H13F3N2O3/c1-21-11-3-2-9(4-10(11)5-17)6-18(7-12(19)20)8-13(14,15)16/h2-4H,6-8H2,1H3,(H,19,20). The van der Waals surface area contributed by atoms with Crippen molar-refractivity contribution in [1.82, 2.24) is 4.90 Å². The number of nitriles is 1. The number of ether oxygens (including phenoxy) is 1. The maximum atomic E-state index is 12.4. The van der Waals surface area contributed by atoms with Crippen molar-refractivity contribution in [3.05, 3.63) is 29.3 Å².